The Hall–Kier alpha value is -3.58. The molecule has 0 bridgehead atoms. The zero-order valence-electron chi connectivity index (χ0n) is 15.2. The number of carbonyl (C=O) groups is 1. The van der Waals surface area contributed by atoms with Crippen molar-refractivity contribution < 1.29 is 23.2 Å². The summed E-state index contributed by atoms with van der Waals surface area (Å²) < 4.78 is 23.5. The quantitative estimate of drug-likeness (QED) is 0.447. The summed E-state index contributed by atoms with van der Waals surface area (Å²) in [6.07, 6.45) is -1.44. The molecule has 10 heteroatoms. The molecule has 9 nitrogen and oxygen atoms in total. The van der Waals surface area contributed by atoms with E-state index in [0.29, 0.717) is 16.8 Å². The molecule has 0 spiro atoms. The monoisotopic (exact) mass is 415 g/mol. The molecule has 150 valence electrons. The van der Waals surface area contributed by atoms with Gasteiger partial charge in [0, 0.05) is 24.7 Å². The van der Waals surface area contributed by atoms with Gasteiger partial charge in [-0.2, -0.15) is 0 Å². The van der Waals surface area contributed by atoms with Gasteiger partial charge in [0.05, 0.1) is 27.7 Å². The molecular formula is C19H17N3O6S. The minimum Gasteiger partial charge on any atom is -0.465 e. The summed E-state index contributed by atoms with van der Waals surface area (Å²) in [7, 11) is -3.14. The van der Waals surface area contributed by atoms with Crippen molar-refractivity contribution >= 4 is 33.0 Å². The summed E-state index contributed by atoms with van der Waals surface area (Å²) in [5.41, 5.74) is 0.831. The number of nitrogens with one attached hydrogen (secondary N) is 1. The third-order valence-electron chi connectivity index (χ3n) is 4.35. The lowest BCUT2D eigenvalue weighted by atomic mass is 10.1. The molecule has 0 unspecified atom stereocenters. The molecule has 0 aliphatic carbocycles. The van der Waals surface area contributed by atoms with Gasteiger partial charge in [-0.15, -0.1) is 0 Å². The molecule has 2 aromatic carbocycles. The first-order valence-corrected chi connectivity index (χ1v) is 10.4. The highest BCUT2D eigenvalue weighted by molar-refractivity contribution is 7.91. The number of hydrogen-bond donors (Lipinski definition) is 2. The molecule has 0 radical (unpaired) electrons. The van der Waals surface area contributed by atoms with E-state index in [1.54, 1.807) is 17.0 Å². The Morgan fingerprint density at radius 1 is 1.14 bits per heavy atom. The van der Waals surface area contributed by atoms with E-state index < -0.39 is 26.5 Å². The van der Waals surface area contributed by atoms with Gasteiger partial charge in [0.15, 0.2) is 9.84 Å². The number of nitro benzene ring substituents is 1. The summed E-state index contributed by atoms with van der Waals surface area (Å²) in [5.74, 6) is 5.71. The van der Waals surface area contributed by atoms with E-state index in [0.717, 1.165) is 0 Å². The van der Waals surface area contributed by atoms with Crippen LogP contribution in [0.2, 0.25) is 0 Å². The number of sulfone groups is 1. The third kappa shape index (κ3) is 5.03. The highest BCUT2D eigenvalue weighted by Crippen LogP contribution is 2.34. The van der Waals surface area contributed by atoms with E-state index in [1.807, 2.05) is 23.5 Å². The van der Waals surface area contributed by atoms with Crippen LogP contribution in [0.5, 0.6) is 0 Å². The number of carboxylic acid groups (broad SMARTS) is 1. The first-order chi connectivity index (χ1) is 13.7. The smallest absolute Gasteiger partial charge is 0.409 e. The highest BCUT2D eigenvalue weighted by Gasteiger charge is 2.26. The third-order valence-corrected chi connectivity index (χ3v) is 5.96. The van der Waals surface area contributed by atoms with Crippen LogP contribution in [0.25, 0.3) is 0 Å². The van der Waals surface area contributed by atoms with Crippen molar-refractivity contribution in [1.82, 2.24) is 0 Å². The van der Waals surface area contributed by atoms with Crippen molar-refractivity contribution in [3.63, 3.8) is 0 Å². The van der Waals surface area contributed by atoms with E-state index in [-0.39, 0.29) is 30.3 Å². The van der Waals surface area contributed by atoms with Gasteiger partial charge in [0.2, 0.25) is 0 Å². The van der Waals surface area contributed by atoms with Crippen molar-refractivity contribution in [2.75, 3.05) is 34.8 Å². The van der Waals surface area contributed by atoms with Crippen LogP contribution in [0.4, 0.5) is 21.9 Å². The van der Waals surface area contributed by atoms with E-state index in [4.69, 9.17) is 5.11 Å². The van der Waals surface area contributed by atoms with Gasteiger partial charge in [-0.3, -0.25) is 15.4 Å². The van der Waals surface area contributed by atoms with E-state index >= 15 is 0 Å². The Bertz CT molecular complexity index is 1110. The summed E-state index contributed by atoms with van der Waals surface area (Å²) in [6, 6.07) is 11.6. The van der Waals surface area contributed by atoms with Gasteiger partial charge in [0.1, 0.15) is 5.69 Å². The number of benzene rings is 2. The fourth-order valence-corrected chi connectivity index (χ4v) is 4.12. The van der Waals surface area contributed by atoms with Crippen LogP contribution in [0, 0.1) is 22.0 Å². The molecule has 1 heterocycles. The molecular weight excluding hydrogens is 398 g/mol. The highest BCUT2D eigenvalue weighted by atomic mass is 32.2. The zero-order chi connectivity index (χ0) is 21.0. The second-order valence-electron chi connectivity index (χ2n) is 6.33. The van der Waals surface area contributed by atoms with Crippen molar-refractivity contribution in [1.29, 1.82) is 0 Å². The molecule has 3 rings (SSSR count). The summed E-state index contributed by atoms with van der Waals surface area (Å²) >= 11 is 0. The molecule has 0 atom stereocenters. The van der Waals surface area contributed by atoms with Crippen LogP contribution < -0.4 is 10.2 Å². The summed E-state index contributed by atoms with van der Waals surface area (Å²) in [4.78, 5) is 23.5. The number of rotatable bonds is 3. The zero-order valence-corrected chi connectivity index (χ0v) is 16.0. The number of nitro groups is 1. The number of hydrogen-bond acceptors (Lipinski definition) is 6. The normalized spacial score (nSPS) is 15.1. The minimum atomic E-state index is -3.14. The molecule has 1 amide bonds. The molecule has 1 saturated heterocycles. The molecule has 2 N–H and O–H groups in total. The second-order valence-corrected chi connectivity index (χ2v) is 8.63. The average Bonchev–Trinajstić information content (AvgIpc) is 2.67. The maximum atomic E-state index is 11.7. The first kappa shape index (κ1) is 20.2. The topological polar surface area (TPSA) is 130 Å². The SMILES string of the molecule is O=C(O)Nc1cc(N2CCS(=O)(=O)CC2)c(C#Cc2ccccc2)cc1[N+](=O)[O-]. The van der Waals surface area contributed by atoms with Crippen LogP contribution in [0.15, 0.2) is 42.5 Å². The van der Waals surface area contributed by atoms with Gasteiger partial charge in [-0.25, -0.2) is 13.2 Å². The van der Waals surface area contributed by atoms with Gasteiger partial charge >= 0.3 is 6.09 Å². The number of nitrogens with zero attached hydrogens (tertiary/aromatic N) is 2. The van der Waals surface area contributed by atoms with E-state index in [2.05, 4.69) is 11.8 Å². The summed E-state index contributed by atoms with van der Waals surface area (Å²) in [6.45, 7) is 0.374. The molecule has 1 aliphatic heterocycles. The standard InChI is InChI=1S/C19H17N3O6S/c23-19(24)20-16-13-17(21-8-10-29(27,28)11-9-21)15(12-18(16)22(25)26)7-6-14-4-2-1-3-5-14/h1-5,12-13,20H,8-11H2,(H,23,24). The van der Waals surface area contributed by atoms with Crippen molar-refractivity contribution in [2.45, 2.75) is 0 Å². The minimum absolute atomic E-state index is 0.0583. The fourth-order valence-electron chi connectivity index (χ4n) is 2.92. The number of amides is 1. The second kappa shape index (κ2) is 8.20. The Morgan fingerprint density at radius 3 is 2.38 bits per heavy atom. The van der Waals surface area contributed by atoms with Crippen LogP contribution >= 0.6 is 0 Å². The van der Waals surface area contributed by atoms with Gasteiger partial charge in [-0.05, 0) is 18.2 Å². The van der Waals surface area contributed by atoms with Crippen LogP contribution in [-0.4, -0.2) is 49.1 Å². The lowest BCUT2D eigenvalue weighted by molar-refractivity contribution is -0.383. The Kier molecular flexibility index (Phi) is 5.70. The van der Waals surface area contributed by atoms with Gasteiger partial charge in [0.25, 0.3) is 5.69 Å². The molecule has 0 saturated carbocycles. The number of anilines is 2. The Labute approximate surface area is 167 Å². The molecule has 1 fully saturated rings. The lowest BCUT2D eigenvalue weighted by Gasteiger charge is -2.30. The summed E-state index contributed by atoms with van der Waals surface area (Å²) in [5, 5.41) is 22.5. The van der Waals surface area contributed by atoms with Crippen LogP contribution in [0.3, 0.4) is 0 Å². The molecule has 1 aliphatic rings. The fraction of sp³-hybridized carbons (Fsp3) is 0.211. The lowest BCUT2D eigenvalue weighted by Crippen LogP contribution is -2.40. The van der Waals surface area contributed by atoms with Crippen molar-refractivity contribution in [2.24, 2.45) is 0 Å². The van der Waals surface area contributed by atoms with Crippen LogP contribution in [0.1, 0.15) is 11.1 Å². The van der Waals surface area contributed by atoms with Gasteiger partial charge < -0.3 is 10.0 Å². The predicted octanol–water partition coefficient (Wildman–Crippen LogP) is 2.32. The maximum absolute atomic E-state index is 11.7. The molecule has 0 aromatic heterocycles. The first-order valence-electron chi connectivity index (χ1n) is 8.60. The van der Waals surface area contributed by atoms with E-state index in [1.165, 1.54) is 12.1 Å². The predicted molar refractivity (Wildman–Crippen MR) is 108 cm³/mol. The largest absolute Gasteiger partial charge is 0.465 e. The molecule has 29 heavy (non-hydrogen) atoms. The van der Waals surface area contributed by atoms with Crippen molar-refractivity contribution in [3.8, 4) is 11.8 Å². The molecule has 2 aromatic rings. The van der Waals surface area contributed by atoms with Gasteiger partial charge in [-0.1, -0.05) is 30.0 Å². The van der Waals surface area contributed by atoms with Crippen LogP contribution in [-0.2, 0) is 9.84 Å². The van der Waals surface area contributed by atoms with Crippen molar-refractivity contribution in [3.05, 3.63) is 63.7 Å². The average molecular weight is 415 g/mol. The Balaban J connectivity index is 2.10. The maximum Gasteiger partial charge on any atom is 0.409 e. The Morgan fingerprint density at radius 2 is 1.79 bits per heavy atom. The van der Waals surface area contributed by atoms with E-state index in [9.17, 15) is 23.3 Å².